The molecule has 0 saturated carbocycles. The number of hydrogen-bond donors (Lipinski definition) is 2. The van der Waals surface area contributed by atoms with Gasteiger partial charge in [0.15, 0.2) is 6.29 Å². The molecule has 0 unspecified atom stereocenters. The fraction of sp³-hybridized carbons (Fsp3) is 0.0909. The summed E-state index contributed by atoms with van der Waals surface area (Å²) in [5, 5.41) is 9.48. The molecular weight excluding hydrogens is 194 g/mol. The van der Waals surface area contributed by atoms with Crippen molar-refractivity contribution >= 4 is 23.2 Å². The molecule has 15 heavy (non-hydrogen) atoms. The number of rotatable bonds is 3. The second kappa shape index (κ2) is 3.57. The van der Waals surface area contributed by atoms with Gasteiger partial charge in [-0.3, -0.25) is 9.59 Å². The average molecular weight is 203 g/mol. The maximum Gasteiger partial charge on any atom is 0.307 e. The number of aromatic amines is 1. The van der Waals surface area contributed by atoms with Gasteiger partial charge in [0.25, 0.3) is 0 Å². The summed E-state index contributed by atoms with van der Waals surface area (Å²) >= 11 is 0. The van der Waals surface area contributed by atoms with E-state index in [2.05, 4.69) is 4.98 Å². The first-order valence-corrected chi connectivity index (χ1v) is 4.48. The number of aldehydes is 1. The number of carboxylic acid groups (broad SMARTS) is 1. The third-order valence-corrected chi connectivity index (χ3v) is 2.30. The van der Waals surface area contributed by atoms with Crippen LogP contribution < -0.4 is 0 Å². The van der Waals surface area contributed by atoms with Crippen LogP contribution in [0.1, 0.15) is 15.9 Å². The Bertz CT molecular complexity index is 528. The van der Waals surface area contributed by atoms with Gasteiger partial charge in [-0.2, -0.15) is 0 Å². The van der Waals surface area contributed by atoms with Gasteiger partial charge in [0.05, 0.1) is 11.9 Å². The Hall–Kier alpha value is -2.10. The summed E-state index contributed by atoms with van der Waals surface area (Å²) in [7, 11) is 0. The number of carbonyl (C=O) groups is 2. The van der Waals surface area contributed by atoms with Gasteiger partial charge < -0.3 is 10.1 Å². The average Bonchev–Trinajstić information content (AvgIpc) is 2.61. The SMILES string of the molecule is O=Cc1cccc2c(CC(=O)O)c[nH]c12. The molecule has 4 heteroatoms. The lowest BCUT2D eigenvalue weighted by Crippen LogP contribution is -1.98. The molecule has 1 aromatic carbocycles. The second-order valence-corrected chi connectivity index (χ2v) is 3.27. The van der Waals surface area contributed by atoms with Crippen molar-refractivity contribution in [1.29, 1.82) is 0 Å². The fourth-order valence-electron chi connectivity index (χ4n) is 1.64. The molecule has 0 bridgehead atoms. The van der Waals surface area contributed by atoms with E-state index in [0.29, 0.717) is 16.6 Å². The standard InChI is InChI=1S/C11H9NO3/c13-6-7-2-1-3-9-8(4-10(14)15)5-12-11(7)9/h1-3,5-6,12H,4H2,(H,14,15). The lowest BCUT2D eigenvalue weighted by atomic mass is 10.1. The summed E-state index contributed by atoms with van der Waals surface area (Å²) in [5.41, 5.74) is 1.94. The van der Waals surface area contributed by atoms with E-state index in [1.807, 2.05) is 0 Å². The Morgan fingerprint density at radius 2 is 2.27 bits per heavy atom. The number of carboxylic acids is 1. The molecule has 0 aliphatic rings. The zero-order valence-corrected chi connectivity index (χ0v) is 7.86. The van der Waals surface area contributed by atoms with E-state index in [4.69, 9.17) is 5.11 Å². The van der Waals surface area contributed by atoms with Crippen LogP contribution in [0.2, 0.25) is 0 Å². The highest BCUT2D eigenvalue weighted by atomic mass is 16.4. The number of para-hydroxylation sites is 1. The Kier molecular flexibility index (Phi) is 2.25. The van der Waals surface area contributed by atoms with Crippen molar-refractivity contribution in [3.05, 3.63) is 35.5 Å². The second-order valence-electron chi connectivity index (χ2n) is 3.27. The molecule has 76 valence electrons. The lowest BCUT2D eigenvalue weighted by molar-refractivity contribution is -0.136. The highest BCUT2D eigenvalue weighted by Gasteiger charge is 2.09. The van der Waals surface area contributed by atoms with Crippen LogP contribution in [0.3, 0.4) is 0 Å². The number of nitrogens with one attached hydrogen (secondary N) is 1. The number of aromatic nitrogens is 1. The lowest BCUT2D eigenvalue weighted by Gasteiger charge is -1.96. The van der Waals surface area contributed by atoms with Crippen LogP contribution in [0.4, 0.5) is 0 Å². The molecule has 0 spiro atoms. The summed E-state index contributed by atoms with van der Waals surface area (Å²) in [6, 6.07) is 5.23. The first kappa shape index (κ1) is 9.45. The summed E-state index contributed by atoms with van der Waals surface area (Å²) in [4.78, 5) is 24.2. The van der Waals surface area contributed by atoms with Crippen LogP contribution in [0.5, 0.6) is 0 Å². The molecule has 0 aliphatic carbocycles. The normalized spacial score (nSPS) is 10.4. The quantitative estimate of drug-likeness (QED) is 0.744. The Balaban J connectivity index is 2.60. The Morgan fingerprint density at radius 3 is 2.93 bits per heavy atom. The van der Waals surface area contributed by atoms with E-state index >= 15 is 0 Å². The number of H-pyrrole nitrogens is 1. The molecule has 0 amide bonds. The first-order valence-electron chi connectivity index (χ1n) is 4.48. The van der Waals surface area contributed by atoms with Gasteiger partial charge in [0.2, 0.25) is 0 Å². The zero-order valence-electron chi connectivity index (χ0n) is 7.86. The third kappa shape index (κ3) is 1.61. The van der Waals surface area contributed by atoms with Crippen LogP contribution in [-0.4, -0.2) is 22.3 Å². The van der Waals surface area contributed by atoms with E-state index in [-0.39, 0.29) is 6.42 Å². The van der Waals surface area contributed by atoms with Gasteiger partial charge in [-0.25, -0.2) is 0 Å². The van der Waals surface area contributed by atoms with Crippen LogP contribution in [0.15, 0.2) is 24.4 Å². The maximum absolute atomic E-state index is 10.7. The van der Waals surface area contributed by atoms with Crippen molar-refractivity contribution in [3.8, 4) is 0 Å². The van der Waals surface area contributed by atoms with E-state index < -0.39 is 5.97 Å². The smallest absolute Gasteiger partial charge is 0.307 e. The predicted octanol–water partition coefficient (Wildman–Crippen LogP) is 1.61. The first-order chi connectivity index (χ1) is 7.22. The van der Waals surface area contributed by atoms with Crippen molar-refractivity contribution in [2.75, 3.05) is 0 Å². The molecule has 1 aromatic heterocycles. The van der Waals surface area contributed by atoms with E-state index in [1.165, 1.54) is 0 Å². The molecule has 0 fully saturated rings. The van der Waals surface area contributed by atoms with Gasteiger partial charge in [0, 0.05) is 17.1 Å². The van der Waals surface area contributed by atoms with Crippen LogP contribution in [0, 0.1) is 0 Å². The number of hydrogen-bond acceptors (Lipinski definition) is 2. The zero-order chi connectivity index (χ0) is 10.8. The van der Waals surface area contributed by atoms with Crippen molar-refractivity contribution in [2.45, 2.75) is 6.42 Å². The van der Waals surface area contributed by atoms with Crippen LogP contribution in [-0.2, 0) is 11.2 Å². The minimum Gasteiger partial charge on any atom is -0.481 e. The largest absolute Gasteiger partial charge is 0.481 e. The van der Waals surface area contributed by atoms with Gasteiger partial charge in [-0.05, 0) is 11.6 Å². The van der Waals surface area contributed by atoms with Gasteiger partial charge in [-0.15, -0.1) is 0 Å². The summed E-state index contributed by atoms with van der Waals surface area (Å²) in [6.07, 6.45) is 2.34. The van der Waals surface area contributed by atoms with Crippen molar-refractivity contribution in [2.24, 2.45) is 0 Å². The van der Waals surface area contributed by atoms with Crippen molar-refractivity contribution in [1.82, 2.24) is 4.98 Å². The predicted molar refractivity (Wildman–Crippen MR) is 55.0 cm³/mol. The molecule has 0 atom stereocenters. The number of fused-ring (bicyclic) bond motifs is 1. The monoisotopic (exact) mass is 203 g/mol. The molecule has 2 aromatic rings. The number of aliphatic carboxylic acids is 1. The highest BCUT2D eigenvalue weighted by Crippen LogP contribution is 2.21. The molecule has 2 N–H and O–H groups in total. The Morgan fingerprint density at radius 1 is 1.47 bits per heavy atom. The topological polar surface area (TPSA) is 70.2 Å². The van der Waals surface area contributed by atoms with Gasteiger partial charge in [0.1, 0.15) is 0 Å². The summed E-state index contributed by atoms with van der Waals surface area (Å²) in [6.45, 7) is 0. The molecule has 0 radical (unpaired) electrons. The van der Waals surface area contributed by atoms with Crippen molar-refractivity contribution < 1.29 is 14.7 Å². The third-order valence-electron chi connectivity index (χ3n) is 2.30. The molecular formula is C11H9NO3. The molecule has 0 aliphatic heterocycles. The molecule has 2 rings (SSSR count). The van der Waals surface area contributed by atoms with Gasteiger partial charge in [-0.1, -0.05) is 12.1 Å². The molecule has 4 nitrogen and oxygen atoms in total. The number of carbonyl (C=O) groups excluding carboxylic acids is 1. The Labute approximate surface area is 85.5 Å². The maximum atomic E-state index is 10.7. The summed E-state index contributed by atoms with van der Waals surface area (Å²) in [5.74, 6) is -0.882. The summed E-state index contributed by atoms with van der Waals surface area (Å²) < 4.78 is 0. The van der Waals surface area contributed by atoms with E-state index in [0.717, 1.165) is 11.7 Å². The molecule has 0 saturated heterocycles. The minimum atomic E-state index is -0.882. The molecule has 1 heterocycles. The van der Waals surface area contributed by atoms with E-state index in [1.54, 1.807) is 24.4 Å². The highest BCUT2D eigenvalue weighted by molar-refractivity contribution is 5.98. The van der Waals surface area contributed by atoms with Crippen LogP contribution in [0.25, 0.3) is 10.9 Å². The number of benzene rings is 1. The minimum absolute atomic E-state index is 0.0394. The van der Waals surface area contributed by atoms with Gasteiger partial charge >= 0.3 is 5.97 Å². The van der Waals surface area contributed by atoms with E-state index in [9.17, 15) is 9.59 Å². The van der Waals surface area contributed by atoms with Crippen LogP contribution >= 0.6 is 0 Å². The van der Waals surface area contributed by atoms with Crippen molar-refractivity contribution in [3.63, 3.8) is 0 Å². The fourth-order valence-corrected chi connectivity index (χ4v) is 1.64.